The van der Waals surface area contributed by atoms with Gasteiger partial charge in [0.2, 0.25) is 0 Å². The molecule has 0 unspecified atom stereocenters. The Morgan fingerprint density at radius 3 is 2.74 bits per heavy atom. The molecule has 1 aromatic carbocycles. The molecule has 1 N–H and O–H groups in total. The van der Waals surface area contributed by atoms with Crippen LogP contribution in [0.15, 0.2) is 48.2 Å². The Balaban J connectivity index is 1.50. The molecular weight excluding hydrogens is 422 g/mol. The maximum atomic E-state index is 14.6. The van der Waals surface area contributed by atoms with E-state index in [1.165, 1.54) is 34.3 Å². The van der Waals surface area contributed by atoms with Gasteiger partial charge in [0.25, 0.3) is 5.91 Å². The van der Waals surface area contributed by atoms with Gasteiger partial charge >= 0.3 is 5.82 Å². The third-order valence-electron chi connectivity index (χ3n) is 4.50. The van der Waals surface area contributed by atoms with E-state index < -0.39 is 11.6 Å². The Labute approximate surface area is 179 Å². The van der Waals surface area contributed by atoms with Crippen molar-refractivity contribution in [2.24, 2.45) is 0 Å². The fraction of sp³-hybridized carbons (Fsp3) is 0.0952. The average molecular weight is 436 g/mol. The van der Waals surface area contributed by atoms with Crippen molar-refractivity contribution in [2.45, 2.75) is 13.5 Å². The van der Waals surface area contributed by atoms with E-state index in [2.05, 4.69) is 25.2 Å². The number of pyridine rings is 1. The van der Waals surface area contributed by atoms with E-state index >= 15 is 0 Å². The number of nitrogens with one attached hydrogen (secondary N) is 1. The lowest BCUT2D eigenvalue weighted by Gasteiger charge is -2.08. The van der Waals surface area contributed by atoms with Crippen LogP contribution in [0.3, 0.4) is 0 Å². The number of carbonyl (C=O) groups is 1. The lowest BCUT2D eigenvalue weighted by Crippen LogP contribution is -2.23. The Hall–Kier alpha value is -3.97. The Kier molecular flexibility index (Phi) is 5.51. The number of halogens is 2. The molecule has 0 bridgehead atoms. The highest BCUT2D eigenvalue weighted by atomic mass is 32.1. The van der Waals surface area contributed by atoms with Gasteiger partial charge < -0.3 is 10.2 Å². The Morgan fingerprint density at radius 2 is 2.06 bits per heavy atom. The van der Waals surface area contributed by atoms with Crippen LogP contribution in [-0.4, -0.2) is 25.7 Å². The zero-order valence-corrected chi connectivity index (χ0v) is 17.0. The minimum absolute atomic E-state index is 0.0327. The van der Waals surface area contributed by atoms with Crippen LogP contribution in [0.2, 0.25) is 0 Å². The van der Waals surface area contributed by atoms with Crippen molar-refractivity contribution >= 4 is 23.1 Å². The van der Waals surface area contributed by atoms with E-state index in [-0.39, 0.29) is 18.3 Å². The fourth-order valence-corrected chi connectivity index (χ4v) is 3.59. The molecule has 0 radical (unpaired) electrons. The molecule has 4 aromatic rings. The quantitative estimate of drug-likeness (QED) is 0.469. The molecule has 7 nitrogen and oxygen atoms in total. The Morgan fingerprint density at radius 1 is 1.23 bits per heavy atom. The average Bonchev–Trinajstić information content (AvgIpc) is 3.42. The summed E-state index contributed by atoms with van der Waals surface area (Å²) in [7, 11) is 0. The molecule has 0 saturated heterocycles. The summed E-state index contributed by atoms with van der Waals surface area (Å²) in [5, 5.41) is 7.01. The molecule has 3 aromatic heterocycles. The second-order valence-corrected chi connectivity index (χ2v) is 7.37. The van der Waals surface area contributed by atoms with E-state index in [0.29, 0.717) is 33.1 Å². The highest BCUT2D eigenvalue weighted by molar-refractivity contribution is 7.11. The van der Waals surface area contributed by atoms with Crippen LogP contribution in [0.4, 0.5) is 14.6 Å². The molecule has 10 heteroatoms. The van der Waals surface area contributed by atoms with Crippen LogP contribution < -0.4 is 5.32 Å². The first kappa shape index (κ1) is 20.3. The Bertz CT molecular complexity index is 1320. The summed E-state index contributed by atoms with van der Waals surface area (Å²) in [5.74, 6) is -1.83. The molecule has 0 saturated carbocycles. The first-order valence-corrected chi connectivity index (χ1v) is 9.90. The number of benzene rings is 1. The molecular formula is C21H14F2N6OS. The largest absolute Gasteiger partial charge is 0.358 e. The number of amides is 1. The van der Waals surface area contributed by atoms with Gasteiger partial charge in [-0.25, -0.2) is 18.4 Å². The molecule has 154 valence electrons. The van der Waals surface area contributed by atoms with Crippen LogP contribution in [0.1, 0.15) is 20.9 Å². The van der Waals surface area contributed by atoms with E-state index in [4.69, 9.17) is 6.57 Å². The molecule has 0 atom stereocenters. The number of aryl methyl sites for hydroxylation is 1. The lowest BCUT2D eigenvalue weighted by molar-refractivity contribution is 0.0954. The smallest absolute Gasteiger partial charge is 0.305 e. The molecule has 0 aliphatic rings. The number of aromatic nitrogens is 4. The molecule has 4 rings (SSSR count). The summed E-state index contributed by atoms with van der Waals surface area (Å²) in [5.41, 5.74) is 3.84. The zero-order chi connectivity index (χ0) is 22.0. The van der Waals surface area contributed by atoms with Crippen LogP contribution in [-0.2, 0) is 6.54 Å². The number of hydrogen-bond donors (Lipinski definition) is 1. The van der Waals surface area contributed by atoms with Crippen LogP contribution in [0.5, 0.6) is 0 Å². The topological polar surface area (TPSA) is 77.1 Å². The molecule has 31 heavy (non-hydrogen) atoms. The summed E-state index contributed by atoms with van der Waals surface area (Å²) in [6.45, 7) is 8.63. The highest BCUT2D eigenvalue weighted by Gasteiger charge is 2.14. The molecule has 0 aliphatic carbocycles. The molecule has 0 spiro atoms. The SMILES string of the molecule is [C-]#[N+]c1ncc(-c2ccn(-c3ccc(CNC(=O)c4scnc4C)c(F)c3)n2)cc1F. The van der Waals surface area contributed by atoms with Crippen LogP contribution >= 0.6 is 11.3 Å². The van der Waals surface area contributed by atoms with Gasteiger partial charge in [-0.05, 0) is 31.2 Å². The molecule has 0 fully saturated rings. The first-order valence-electron chi connectivity index (χ1n) is 9.02. The predicted octanol–water partition coefficient (Wildman–Crippen LogP) is 4.46. The molecule has 0 aliphatic heterocycles. The van der Waals surface area contributed by atoms with Crippen molar-refractivity contribution < 1.29 is 13.6 Å². The maximum absolute atomic E-state index is 14.6. The first-order chi connectivity index (χ1) is 15.0. The van der Waals surface area contributed by atoms with Gasteiger partial charge in [-0.1, -0.05) is 12.6 Å². The van der Waals surface area contributed by atoms with Crippen molar-refractivity contribution in [3.63, 3.8) is 0 Å². The highest BCUT2D eigenvalue weighted by Crippen LogP contribution is 2.23. The van der Waals surface area contributed by atoms with Gasteiger partial charge in [0.05, 0.1) is 22.6 Å². The van der Waals surface area contributed by atoms with Gasteiger partial charge in [0.15, 0.2) is 5.82 Å². The monoisotopic (exact) mass is 436 g/mol. The predicted molar refractivity (Wildman–Crippen MR) is 111 cm³/mol. The van der Waals surface area contributed by atoms with E-state index in [9.17, 15) is 13.6 Å². The number of carbonyl (C=O) groups excluding carboxylic acids is 1. The summed E-state index contributed by atoms with van der Waals surface area (Å²) in [4.78, 5) is 23.5. The van der Waals surface area contributed by atoms with Crippen molar-refractivity contribution in [3.05, 3.63) is 87.4 Å². The zero-order valence-electron chi connectivity index (χ0n) is 16.1. The van der Waals surface area contributed by atoms with Crippen LogP contribution in [0, 0.1) is 25.1 Å². The summed E-state index contributed by atoms with van der Waals surface area (Å²) >= 11 is 1.23. The van der Waals surface area contributed by atoms with E-state index in [1.54, 1.807) is 36.8 Å². The van der Waals surface area contributed by atoms with Crippen LogP contribution in [0.25, 0.3) is 21.8 Å². The van der Waals surface area contributed by atoms with Gasteiger partial charge in [0.1, 0.15) is 16.9 Å². The number of hydrogen-bond acceptors (Lipinski definition) is 5. The van der Waals surface area contributed by atoms with Gasteiger partial charge in [-0.3, -0.25) is 4.79 Å². The third-order valence-corrected chi connectivity index (χ3v) is 5.43. The van der Waals surface area contributed by atoms with Gasteiger partial charge in [-0.2, -0.15) is 5.10 Å². The standard InChI is InChI=1S/C21H14F2N6OS/c1-12-19(31-11-27-12)21(30)26-9-13-3-4-15(8-16(13)22)29-6-5-18(28-29)14-7-17(23)20(24-2)25-10-14/h3-8,10-11H,9H2,1H3,(H,26,30). The molecule has 3 heterocycles. The van der Waals surface area contributed by atoms with E-state index in [1.807, 2.05) is 0 Å². The number of rotatable bonds is 5. The normalized spacial score (nSPS) is 10.6. The van der Waals surface area contributed by atoms with Crippen molar-refractivity contribution in [1.29, 1.82) is 0 Å². The van der Waals surface area contributed by atoms with Gasteiger partial charge in [0, 0.05) is 23.9 Å². The van der Waals surface area contributed by atoms with Crippen molar-refractivity contribution in [3.8, 4) is 16.9 Å². The lowest BCUT2D eigenvalue weighted by atomic mass is 10.2. The number of nitrogens with zero attached hydrogens (tertiary/aromatic N) is 5. The number of thiazole rings is 1. The van der Waals surface area contributed by atoms with E-state index in [0.717, 1.165) is 0 Å². The fourth-order valence-electron chi connectivity index (χ4n) is 2.87. The summed E-state index contributed by atoms with van der Waals surface area (Å²) in [6, 6.07) is 7.36. The van der Waals surface area contributed by atoms with Crippen molar-refractivity contribution in [1.82, 2.24) is 25.1 Å². The van der Waals surface area contributed by atoms with Crippen molar-refractivity contribution in [2.75, 3.05) is 0 Å². The minimum Gasteiger partial charge on any atom is -0.358 e. The summed E-state index contributed by atoms with van der Waals surface area (Å²) < 4.78 is 29.8. The molecule has 1 amide bonds. The van der Waals surface area contributed by atoms with Gasteiger partial charge in [-0.15, -0.1) is 16.3 Å². The maximum Gasteiger partial charge on any atom is 0.305 e. The second kappa shape index (κ2) is 8.41. The summed E-state index contributed by atoms with van der Waals surface area (Å²) in [6.07, 6.45) is 2.97. The third kappa shape index (κ3) is 4.17. The minimum atomic E-state index is -0.729. The second-order valence-electron chi connectivity index (χ2n) is 6.51.